The van der Waals surface area contributed by atoms with E-state index in [0.717, 1.165) is 10.9 Å². The minimum absolute atomic E-state index is 0.0359. The van der Waals surface area contributed by atoms with Crippen molar-refractivity contribution in [2.75, 3.05) is 6.61 Å². The number of aromatic hydroxyl groups is 1. The van der Waals surface area contributed by atoms with Crippen molar-refractivity contribution < 1.29 is 24.2 Å². The van der Waals surface area contributed by atoms with Crippen LogP contribution in [0.3, 0.4) is 0 Å². The molecule has 0 aliphatic rings. The van der Waals surface area contributed by atoms with E-state index in [1.807, 2.05) is 12.1 Å². The number of fused-ring (bicyclic) bond motifs is 1. The van der Waals surface area contributed by atoms with Crippen LogP contribution in [0.15, 0.2) is 60.7 Å². The predicted octanol–water partition coefficient (Wildman–Crippen LogP) is 4.08. The molecular weight excluding hydrogens is 332 g/mol. The van der Waals surface area contributed by atoms with Gasteiger partial charge in [-0.15, -0.1) is 0 Å². The highest BCUT2D eigenvalue weighted by molar-refractivity contribution is 6.01. The Morgan fingerprint density at radius 1 is 0.885 bits per heavy atom. The second kappa shape index (κ2) is 7.70. The van der Waals surface area contributed by atoms with Crippen molar-refractivity contribution in [1.29, 1.82) is 0 Å². The molecule has 0 saturated heterocycles. The standard InChI is InChI=1S/C21H18O5/c1-2-25-20(23)16-9-7-14(8-10-16)13-26-21(24)18-12-11-15-5-3-4-6-17(15)19(18)22/h3-12,22H,2,13H2,1H3. The maximum atomic E-state index is 12.3. The van der Waals surface area contributed by atoms with Crippen LogP contribution in [-0.4, -0.2) is 23.7 Å². The molecule has 5 heteroatoms. The molecule has 0 amide bonds. The molecule has 0 aliphatic carbocycles. The molecule has 1 N–H and O–H groups in total. The first-order valence-corrected chi connectivity index (χ1v) is 8.24. The topological polar surface area (TPSA) is 72.8 Å². The third kappa shape index (κ3) is 3.67. The Bertz CT molecular complexity index is 944. The number of phenols is 1. The summed E-state index contributed by atoms with van der Waals surface area (Å²) in [6.07, 6.45) is 0. The highest BCUT2D eigenvalue weighted by Gasteiger charge is 2.15. The second-order valence-corrected chi connectivity index (χ2v) is 5.68. The summed E-state index contributed by atoms with van der Waals surface area (Å²) >= 11 is 0. The largest absolute Gasteiger partial charge is 0.506 e. The van der Waals surface area contributed by atoms with Gasteiger partial charge >= 0.3 is 11.9 Å². The van der Waals surface area contributed by atoms with Crippen molar-refractivity contribution in [3.05, 3.63) is 77.4 Å². The number of benzene rings is 3. The maximum Gasteiger partial charge on any atom is 0.342 e. The average molecular weight is 350 g/mol. The average Bonchev–Trinajstić information content (AvgIpc) is 2.67. The van der Waals surface area contributed by atoms with Crippen molar-refractivity contribution in [3.63, 3.8) is 0 Å². The zero-order valence-corrected chi connectivity index (χ0v) is 14.3. The van der Waals surface area contributed by atoms with E-state index in [9.17, 15) is 14.7 Å². The van der Waals surface area contributed by atoms with E-state index < -0.39 is 11.9 Å². The zero-order valence-electron chi connectivity index (χ0n) is 14.3. The maximum absolute atomic E-state index is 12.3. The zero-order chi connectivity index (χ0) is 18.5. The fraction of sp³-hybridized carbons (Fsp3) is 0.143. The molecule has 26 heavy (non-hydrogen) atoms. The molecule has 0 bridgehead atoms. The van der Waals surface area contributed by atoms with Crippen LogP contribution in [0.1, 0.15) is 33.2 Å². The number of ether oxygens (including phenoxy) is 2. The van der Waals surface area contributed by atoms with Crippen LogP contribution in [0.25, 0.3) is 10.8 Å². The lowest BCUT2D eigenvalue weighted by Gasteiger charge is -2.09. The number of hydrogen-bond acceptors (Lipinski definition) is 5. The van der Waals surface area contributed by atoms with E-state index in [4.69, 9.17) is 9.47 Å². The Labute approximate surface area is 150 Å². The Morgan fingerprint density at radius 2 is 1.62 bits per heavy atom. The van der Waals surface area contributed by atoms with E-state index >= 15 is 0 Å². The molecule has 0 fully saturated rings. The minimum atomic E-state index is -0.609. The lowest BCUT2D eigenvalue weighted by molar-refractivity contribution is 0.0466. The molecule has 0 spiro atoms. The summed E-state index contributed by atoms with van der Waals surface area (Å²) in [7, 11) is 0. The Kier molecular flexibility index (Phi) is 5.17. The minimum Gasteiger partial charge on any atom is -0.506 e. The van der Waals surface area contributed by atoms with Crippen LogP contribution in [0.5, 0.6) is 5.75 Å². The van der Waals surface area contributed by atoms with Gasteiger partial charge in [-0.2, -0.15) is 0 Å². The first-order valence-electron chi connectivity index (χ1n) is 8.24. The van der Waals surface area contributed by atoms with Gasteiger partial charge in [-0.3, -0.25) is 0 Å². The number of rotatable bonds is 5. The summed E-state index contributed by atoms with van der Waals surface area (Å²) in [6.45, 7) is 2.09. The quantitative estimate of drug-likeness (QED) is 0.702. The first kappa shape index (κ1) is 17.5. The van der Waals surface area contributed by atoms with Gasteiger partial charge in [0.05, 0.1) is 12.2 Å². The van der Waals surface area contributed by atoms with Crippen molar-refractivity contribution in [2.45, 2.75) is 13.5 Å². The molecule has 3 aromatic rings. The van der Waals surface area contributed by atoms with Crippen LogP contribution < -0.4 is 0 Å². The molecule has 0 unspecified atom stereocenters. The van der Waals surface area contributed by atoms with Gasteiger partial charge in [-0.25, -0.2) is 9.59 Å². The summed E-state index contributed by atoms with van der Waals surface area (Å²) in [5.74, 6) is -1.09. The van der Waals surface area contributed by atoms with Crippen LogP contribution in [0.2, 0.25) is 0 Å². The van der Waals surface area contributed by atoms with Crippen molar-refractivity contribution in [3.8, 4) is 5.75 Å². The van der Waals surface area contributed by atoms with Crippen LogP contribution in [0, 0.1) is 0 Å². The summed E-state index contributed by atoms with van der Waals surface area (Å²) < 4.78 is 10.2. The van der Waals surface area contributed by atoms with Crippen molar-refractivity contribution in [2.24, 2.45) is 0 Å². The highest BCUT2D eigenvalue weighted by atomic mass is 16.5. The Morgan fingerprint density at radius 3 is 2.35 bits per heavy atom. The van der Waals surface area contributed by atoms with E-state index in [1.54, 1.807) is 55.5 Å². The molecule has 0 saturated carbocycles. The van der Waals surface area contributed by atoms with Crippen LogP contribution in [-0.2, 0) is 16.1 Å². The van der Waals surface area contributed by atoms with Crippen molar-refractivity contribution in [1.82, 2.24) is 0 Å². The van der Waals surface area contributed by atoms with Gasteiger partial charge in [0, 0.05) is 5.39 Å². The molecule has 3 aromatic carbocycles. The molecular formula is C21H18O5. The van der Waals surface area contributed by atoms with Gasteiger partial charge in [-0.05, 0) is 36.1 Å². The van der Waals surface area contributed by atoms with E-state index in [2.05, 4.69) is 0 Å². The third-order valence-corrected chi connectivity index (χ3v) is 3.96. The van der Waals surface area contributed by atoms with Gasteiger partial charge in [0.1, 0.15) is 17.9 Å². The molecule has 0 aliphatic heterocycles. The molecule has 0 aromatic heterocycles. The SMILES string of the molecule is CCOC(=O)c1ccc(COC(=O)c2ccc3ccccc3c2O)cc1. The summed E-state index contributed by atoms with van der Waals surface area (Å²) in [5, 5.41) is 11.8. The molecule has 3 rings (SSSR count). The lowest BCUT2D eigenvalue weighted by atomic mass is 10.1. The van der Waals surface area contributed by atoms with Gasteiger partial charge < -0.3 is 14.6 Å². The predicted molar refractivity (Wildman–Crippen MR) is 97.1 cm³/mol. The fourth-order valence-electron chi connectivity index (χ4n) is 2.60. The van der Waals surface area contributed by atoms with Crippen LogP contribution >= 0.6 is 0 Å². The van der Waals surface area contributed by atoms with Gasteiger partial charge in [0.2, 0.25) is 0 Å². The molecule has 0 heterocycles. The molecule has 0 radical (unpaired) electrons. The van der Waals surface area contributed by atoms with Crippen molar-refractivity contribution >= 4 is 22.7 Å². The number of phenolic OH excluding ortho intramolecular Hbond substituents is 1. The molecule has 0 atom stereocenters. The van der Waals surface area contributed by atoms with Gasteiger partial charge in [0.25, 0.3) is 0 Å². The van der Waals surface area contributed by atoms with Gasteiger partial charge in [-0.1, -0.05) is 42.5 Å². The van der Waals surface area contributed by atoms with E-state index in [1.165, 1.54) is 0 Å². The molecule has 5 nitrogen and oxygen atoms in total. The summed E-state index contributed by atoms with van der Waals surface area (Å²) in [6, 6.07) is 17.2. The normalized spacial score (nSPS) is 10.5. The number of hydrogen-bond donors (Lipinski definition) is 1. The summed E-state index contributed by atoms with van der Waals surface area (Å²) in [4.78, 5) is 23.9. The molecule has 132 valence electrons. The second-order valence-electron chi connectivity index (χ2n) is 5.68. The monoisotopic (exact) mass is 350 g/mol. The first-order chi connectivity index (χ1) is 12.6. The fourth-order valence-corrected chi connectivity index (χ4v) is 2.60. The number of carbonyl (C=O) groups excluding carboxylic acids is 2. The van der Waals surface area contributed by atoms with E-state index in [-0.39, 0.29) is 17.9 Å². The van der Waals surface area contributed by atoms with Gasteiger partial charge in [0.15, 0.2) is 0 Å². The van der Waals surface area contributed by atoms with Crippen LogP contribution in [0.4, 0.5) is 0 Å². The summed E-state index contributed by atoms with van der Waals surface area (Å²) in [5.41, 5.74) is 1.28. The lowest BCUT2D eigenvalue weighted by Crippen LogP contribution is -2.07. The third-order valence-electron chi connectivity index (χ3n) is 3.96. The smallest absolute Gasteiger partial charge is 0.342 e. The Hall–Kier alpha value is -3.34. The highest BCUT2D eigenvalue weighted by Crippen LogP contribution is 2.29. The number of esters is 2. The van der Waals surface area contributed by atoms with E-state index in [0.29, 0.717) is 17.6 Å². The number of carbonyl (C=O) groups is 2. The Balaban J connectivity index is 1.69.